The number of nitrogens with zero attached hydrogens (tertiary/aromatic N) is 1. The highest BCUT2D eigenvalue weighted by atomic mass is 16.5. The standard InChI is InChI=1S/C23H27N3O3/c1-29-20-4-2-3-15(11-20)12-22(27)26-10-9-16-6-8-19(14-21(16)26)25-23(28)17-5-7-18(24)13-17/h2-4,6,8,11,14,17-18H,5,7,9-10,12-13,24H2,1H3,(H,25,28). The number of hydrogen-bond acceptors (Lipinski definition) is 4. The molecule has 1 fully saturated rings. The third kappa shape index (κ3) is 4.27. The van der Waals surface area contributed by atoms with Gasteiger partial charge in [-0.05, 0) is 61.1 Å². The van der Waals surface area contributed by atoms with Crippen molar-refractivity contribution in [3.63, 3.8) is 0 Å². The number of anilines is 2. The van der Waals surface area contributed by atoms with Gasteiger partial charge in [0.05, 0.1) is 13.5 Å². The summed E-state index contributed by atoms with van der Waals surface area (Å²) in [5.41, 5.74) is 9.60. The molecule has 2 atom stereocenters. The molecule has 1 heterocycles. The van der Waals surface area contributed by atoms with Crippen molar-refractivity contribution in [2.45, 2.75) is 38.1 Å². The first-order chi connectivity index (χ1) is 14.0. The molecule has 2 aromatic rings. The number of ether oxygens (including phenoxy) is 1. The Bertz CT molecular complexity index is 927. The molecule has 2 aromatic carbocycles. The fourth-order valence-corrected chi connectivity index (χ4v) is 4.27. The molecule has 2 amide bonds. The van der Waals surface area contributed by atoms with E-state index in [2.05, 4.69) is 5.32 Å². The van der Waals surface area contributed by atoms with E-state index < -0.39 is 0 Å². The summed E-state index contributed by atoms with van der Waals surface area (Å²) in [6, 6.07) is 13.5. The molecule has 6 nitrogen and oxygen atoms in total. The first-order valence-electron chi connectivity index (χ1n) is 10.2. The molecular weight excluding hydrogens is 366 g/mol. The van der Waals surface area contributed by atoms with Gasteiger partial charge in [-0.3, -0.25) is 9.59 Å². The predicted octanol–water partition coefficient (Wildman–Crippen LogP) is 2.89. The number of amides is 2. The minimum atomic E-state index is -0.0240. The Morgan fingerprint density at radius 3 is 2.83 bits per heavy atom. The summed E-state index contributed by atoms with van der Waals surface area (Å²) in [5, 5.41) is 3.01. The topological polar surface area (TPSA) is 84.7 Å². The van der Waals surface area contributed by atoms with Crippen molar-refractivity contribution in [3.05, 3.63) is 53.6 Å². The number of nitrogens with one attached hydrogen (secondary N) is 1. The lowest BCUT2D eigenvalue weighted by molar-refractivity contribution is -0.120. The number of hydrogen-bond donors (Lipinski definition) is 2. The molecule has 0 spiro atoms. The fraction of sp³-hybridized carbons (Fsp3) is 0.391. The van der Waals surface area contributed by atoms with Crippen molar-refractivity contribution in [2.75, 3.05) is 23.9 Å². The lowest BCUT2D eigenvalue weighted by Crippen LogP contribution is -2.30. The van der Waals surface area contributed by atoms with E-state index in [1.807, 2.05) is 47.4 Å². The Morgan fingerprint density at radius 2 is 2.07 bits per heavy atom. The molecule has 4 rings (SSSR count). The monoisotopic (exact) mass is 393 g/mol. The molecule has 0 saturated heterocycles. The molecule has 0 aromatic heterocycles. The van der Waals surface area contributed by atoms with Gasteiger partial charge in [-0.2, -0.15) is 0 Å². The first-order valence-corrected chi connectivity index (χ1v) is 10.2. The summed E-state index contributed by atoms with van der Waals surface area (Å²) in [5.74, 6) is 0.783. The van der Waals surface area contributed by atoms with E-state index >= 15 is 0 Å². The van der Waals surface area contributed by atoms with Crippen molar-refractivity contribution >= 4 is 23.2 Å². The zero-order valence-corrected chi connectivity index (χ0v) is 16.7. The van der Waals surface area contributed by atoms with E-state index in [-0.39, 0.29) is 23.8 Å². The Balaban J connectivity index is 1.46. The van der Waals surface area contributed by atoms with Crippen LogP contribution in [0.15, 0.2) is 42.5 Å². The van der Waals surface area contributed by atoms with E-state index in [1.54, 1.807) is 7.11 Å². The zero-order valence-electron chi connectivity index (χ0n) is 16.7. The third-order valence-corrected chi connectivity index (χ3v) is 5.88. The van der Waals surface area contributed by atoms with Crippen molar-refractivity contribution in [1.82, 2.24) is 0 Å². The summed E-state index contributed by atoms with van der Waals surface area (Å²) >= 11 is 0. The Labute approximate surface area is 171 Å². The van der Waals surface area contributed by atoms with Crippen molar-refractivity contribution in [1.29, 1.82) is 0 Å². The Kier molecular flexibility index (Phi) is 5.53. The Hall–Kier alpha value is -2.86. The maximum Gasteiger partial charge on any atom is 0.231 e. The third-order valence-electron chi connectivity index (χ3n) is 5.88. The number of benzene rings is 2. The van der Waals surface area contributed by atoms with Crippen molar-refractivity contribution < 1.29 is 14.3 Å². The van der Waals surface area contributed by atoms with Gasteiger partial charge in [-0.15, -0.1) is 0 Å². The summed E-state index contributed by atoms with van der Waals surface area (Å²) in [6.45, 7) is 0.660. The van der Waals surface area contributed by atoms with Crippen LogP contribution in [0.25, 0.3) is 0 Å². The molecule has 152 valence electrons. The number of nitrogens with two attached hydrogens (primary N) is 1. The largest absolute Gasteiger partial charge is 0.497 e. The molecule has 2 unspecified atom stereocenters. The van der Waals surface area contributed by atoms with Crippen LogP contribution >= 0.6 is 0 Å². The van der Waals surface area contributed by atoms with Crippen LogP contribution in [-0.2, 0) is 22.4 Å². The molecule has 1 aliphatic carbocycles. The first kappa shape index (κ1) is 19.5. The van der Waals surface area contributed by atoms with Gasteiger partial charge in [0.15, 0.2) is 0 Å². The van der Waals surface area contributed by atoms with Gasteiger partial charge in [-0.25, -0.2) is 0 Å². The maximum absolute atomic E-state index is 12.9. The van der Waals surface area contributed by atoms with Gasteiger partial charge in [0, 0.05) is 29.9 Å². The maximum atomic E-state index is 12.9. The van der Waals surface area contributed by atoms with Crippen molar-refractivity contribution in [3.8, 4) is 5.75 Å². The van der Waals surface area contributed by atoms with Gasteiger partial charge in [-0.1, -0.05) is 18.2 Å². The van der Waals surface area contributed by atoms with Crippen molar-refractivity contribution in [2.24, 2.45) is 11.7 Å². The van der Waals surface area contributed by atoms with E-state index in [0.717, 1.165) is 53.9 Å². The molecular formula is C23H27N3O3. The molecule has 1 saturated carbocycles. The highest BCUT2D eigenvalue weighted by molar-refractivity contribution is 5.99. The second kappa shape index (κ2) is 8.25. The summed E-state index contributed by atoms with van der Waals surface area (Å²) in [7, 11) is 1.62. The fourth-order valence-electron chi connectivity index (χ4n) is 4.27. The molecule has 1 aliphatic heterocycles. The number of rotatable bonds is 5. The lowest BCUT2D eigenvalue weighted by atomic mass is 10.1. The van der Waals surface area contributed by atoms with Gasteiger partial charge in [0.1, 0.15) is 5.75 Å². The molecule has 3 N–H and O–H groups in total. The molecule has 0 bridgehead atoms. The quantitative estimate of drug-likeness (QED) is 0.818. The Morgan fingerprint density at radius 1 is 1.21 bits per heavy atom. The van der Waals surface area contributed by atoms with E-state index in [0.29, 0.717) is 13.0 Å². The molecule has 29 heavy (non-hydrogen) atoms. The molecule has 2 aliphatic rings. The zero-order chi connectivity index (χ0) is 20.4. The van der Waals surface area contributed by atoms with E-state index in [1.165, 1.54) is 0 Å². The van der Waals surface area contributed by atoms with Crippen LogP contribution in [0.4, 0.5) is 11.4 Å². The van der Waals surface area contributed by atoms with Crippen LogP contribution in [0, 0.1) is 5.92 Å². The number of carbonyl (C=O) groups is 2. The van der Waals surface area contributed by atoms with Crippen LogP contribution in [0.3, 0.4) is 0 Å². The molecule has 0 radical (unpaired) electrons. The summed E-state index contributed by atoms with van der Waals surface area (Å²) in [4.78, 5) is 27.3. The normalized spacial score (nSPS) is 20.4. The number of methoxy groups -OCH3 is 1. The van der Waals surface area contributed by atoms with E-state index in [9.17, 15) is 9.59 Å². The highest BCUT2D eigenvalue weighted by Crippen LogP contribution is 2.32. The minimum Gasteiger partial charge on any atom is -0.497 e. The summed E-state index contributed by atoms with van der Waals surface area (Å²) < 4.78 is 5.25. The van der Waals surface area contributed by atoms with Gasteiger partial charge >= 0.3 is 0 Å². The average molecular weight is 393 g/mol. The van der Waals surface area contributed by atoms with Crippen LogP contribution in [0.1, 0.15) is 30.4 Å². The minimum absolute atomic E-state index is 0.0187. The second-order valence-corrected chi connectivity index (χ2v) is 7.93. The van der Waals surface area contributed by atoms with Gasteiger partial charge in [0.25, 0.3) is 0 Å². The lowest BCUT2D eigenvalue weighted by Gasteiger charge is -2.19. The highest BCUT2D eigenvalue weighted by Gasteiger charge is 2.29. The van der Waals surface area contributed by atoms with Crippen LogP contribution in [-0.4, -0.2) is 31.5 Å². The smallest absolute Gasteiger partial charge is 0.231 e. The van der Waals surface area contributed by atoms with Crippen LogP contribution < -0.4 is 20.7 Å². The predicted molar refractivity (Wildman–Crippen MR) is 113 cm³/mol. The van der Waals surface area contributed by atoms with Gasteiger partial charge in [0.2, 0.25) is 11.8 Å². The average Bonchev–Trinajstić information content (AvgIpc) is 3.34. The van der Waals surface area contributed by atoms with Gasteiger partial charge < -0.3 is 20.7 Å². The molecule has 6 heteroatoms. The van der Waals surface area contributed by atoms with Crippen LogP contribution in [0.2, 0.25) is 0 Å². The van der Waals surface area contributed by atoms with Crippen LogP contribution in [0.5, 0.6) is 5.75 Å². The van der Waals surface area contributed by atoms with E-state index in [4.69, 9.17) is 10.5 Å². The SMILES string of the molecule is COc1cccc(CC(=O)N2CCc3ccc(NC(=O)C4CCC(N)C4)cc32)c1. The summed E-state index contributed by atoms with van der Waals surface area (Å²) in [6.07, 6.45) is 3.61. The second-order valence-electron chi connectivity index (χ2n) is 7.93. The number of fused-ring (bicyclic) bond motifs is 1. The number of carbonyl (C=O) groups excluding carboxylic acids is 2.